The van der Waals surface area contributed by atoms with Crippen LogP contribution in [0.1, 0.15) is 44.1 Å². The van der Waals surface area contributed by atoms with Crippen molar-refractivity contribution in [1.82, 2.24) is 5.32 Å². The first kappa shape index (κ1) is 15.3. The molecule has 1 aromatic rings. The maximum absolute atomic E-state index is 11.9. The van der Waals surface area contributed by atoms with Crippen LogP contribution in [0.2, 0.25) is 0 Å². The van der Waals surface area contributed by atoms with Gasteiger partial charge in [0.05, 0.1) is 17.2 Å². The van der Waals surface area contributed by atoms with E-state index in [0.717, 1.165) is 38.5 Å². The zero-order chi connectivity index (χ0) is 15.1. The molecule has 0 bridgehead atoms. The van der Waals surface area contributed by atoms with Crippen molar-refractivity contribution in [2.75, 3.05) is 11.9 Å². The van der Waals surface area contributed by atoms with E-state index in [2.05, 4.69) is 10.6 Å². The van der Waals surface area contributed by atoms with Gasteiger partial charge in [-0.05, 0) is 31.0 Å². The molecule has 5 nitrogen and oxygen atoms in total. The monoisotopic (exact) mass is 287 g/mol. The van der Waals surface area contributed by atoms with Crippen LogP contribution < -0.4 is 10.6 Å². The molecule has 1 fully saturated rings. The first-order chi connectivity index (χ1) is 10.1. The van der Waals surface area contributed by atoms with E-state index in [1.807, 2.05) is 6.07 Å². The minimum absolute atomic E-state index is 0.261. The molecule has 1 saturated carbocycles. The summed E-state index contributed by atoms with van der Waals surface area (Å²) in [6.07, 6.45) is 5.77. The molecular weight excluding hydrogens is 266 g/mol. The third kappa shape index (κ3) is 4.76. The zero-order valence-electron chi connectivity index (χ0n) is 12.1. The fraction of sp³-hybridized carbons (Fsp3) is 0.500. The molecule has 0 aromatic heterocycles. The van der Waals surface area contributed by atoms with Crippen LogP contribution >= 0.6 is 0 Å². The summed E-state index contributed by atoms with van der Waals surface area (Å²) in [5.74, 6) is 0. The fourth-order valence-electron chi connectivity index (χ4n) is 2.65. The van der Waals surface area contributed by atoms with Gasteiger partial charge in [-0.1, -0.05) is 31.7 Å². The minimum atomic E-state index is -0.789. The largest absolute Gasteiger partial charge is 0.388 e. The average Bonchev–Trinajstić information content (AvgIpc) is 2.71. The molecule has 3 N–H and O–H groups in total. The number of nitrogens with zero attached hydrogens (tertiary/aromatic N) is 1. The average molecular weight is 287 g/mol. The van der Waals surface area contributed by atoms with E-state index >= 15 is 0 Å². The van der Waals surface area contributed by atoms with E-state index in [4.69, 9.17) is 5.26 Å². The second kappa shape index (κ2) is 7.09. The molecule has 0 heterocycles. The van der Waals surface area contributed by atoms with Gasteiger partial charge in [0.15, 0.2) is 0 Å². The second-order valence-electron chi connectivity index (χ2n) is 5.64. The lowest BCUT2D eigenvalue weighted by molar-refractivity contribution is 0.0281. The maximum atomic E-state index is 11.9. The van der Waals surface area contributed by atoms with Crippen molar-refractivity contribution in [2.45, 2.75) is 44.1 Å². The van der Waals surface area contributed by atoms with E-state index in [0.29, 0.717) is 11.3 Å². The molecule has 0 unspecified atom stereocenters. The van der Waals surface area contributed by atoms with Crippen LogP contribution in [0, 0.1) is 11.3 Å². The summed E-state index contributed by atoms with van der Waals surface area (Å²) < 4.78 is 0. The van der Waals surface area contributed by atoms with Crippen LogP contribution in [-0.4, -0.2) is 23.3 Å². The van der Waals surface area contributed by atoms with Crippen LogP contribution in [0.4, 0.5) is 10.5 Å². The molecule has 2 amide bonds. The molecule has 5 heteroatoms. The highest BCUT2D eigenvalue weighted by atomic mass is 16.3. The van der Waals surface area contributed by atoms with Gasteiger partial charge < -0.3 is 15.7 Å². The summed E-state index contributed by atoms with van der Waals surface area (Å²) in [5.41, 5.74) is 0.275. The van der Waals surface area contributed by atoms with E-state index in [1.165, 1.54) is 0 Å². The van der Waals surface area contributed by atoms with E-state index < -0.39 is 5.60 Å². The molecule has 21 heavy (non-hydrogen) atoms. The third-order valence-electron chi connectivity index (χ3n) is 3.86. The van der Waals surface area contributed by atoms with Gasteiger partial charge >= 0.3 is 6.03 Å². The number of rotatable bonds is 3. The zero-order valence-corrected chi connectivity index (χ0v) is 12.1. The lowest BCUT2D eigenvalue weighted by Gasteiger charge is -2.26. The summed E-state index contributed by atoms with van der Waals surface area (Å²) >= 11 is 0. The van der Waals surface area contributed by atoms with Crippen molar-refractivity contribution in [3.63, 3.8) is 0 Å². The summed E-state index contributed by atoms with van der Waals surface area (Å²) in [6.45, 7) is 0.261. The molecular formula is C16H21N3O2. The Morgan fingerprint density at radius 1 is 1.29 bits per heavy atom. The first-order valence-electron chi connectivity index (χ1n) is 7.39. The number of carbonyl (C=O) groups excluding carboxylic acids is 1. The van der Waals surface area contributed by atoms with Crippen LogP contribution in [0.3, 0.4) is 0 Å². The van der Waals surface area contributed by atoms with Gasteiger partial charge in [-0.2, -0.15) is 5.26 Å². The standard InChI is InChI=1S/C16H21N3O2/c17-11-13-6-5-7-14(10-13)19-15(20)18-12-16(21)8-3-1-2-4-9-16/h5-7,10,21H,1-4,8-9,12H2,(H2,18,19,20). The quantitative estimate of drug-likeness (QED) is 0.747. The van der Waals surface area contributed by atoms with Gasteiger partial charge in [0.1, 0.15) is 0 Å². The number of hydrogen-bond acceptors (Lipinski definition) is 3. The Balaban J connectivity index is 1.85. The predicted octanol–water partition coefficient (Wildman–Crippen LogP) is 2.77. The van der Waals surface area contributed by atoms with E-state index in [-0.39, 0.29) is 12.6 Å². The Morgan fingerprint density at radius 3 is 2.67 bits per heavy atom. The lowest BCUT2D eigenvalue weighted by Crippen LogP contribution is -2.44. The molecule has 0 atom stereocenters. The topological polar surface area (TPSA) is 85.2 Å². The van der Waals surface area contributed by atoms with E-state index in [9.17, 15) is 9.90 Å². The summed E-state index contributed by atoms with van der Waals surface area (Å²) in [7, 11) is 0. The number of amides is 2. The number of carbonyl (C=O) groups is 1. The van der Waals surface area contributed by atoms with Gasteiger partial charge in [0, 0.05) is 12.2 Å². The summed E-state index contributed by atoms with van der Waals surface area (Å²) in [4.78, 5) is 11.9. The van der Waals surface area contributed by atoms with Crippen molar-refractivity contribution in [1.29, 1.82) is 5.26 Å². The van der Waals surface area contributed by atoms with Gasteiger partial charge in [-0.15, -0.1) is 0 Å². The Morgan fingerprint density at radius 2 is 2.00 bits per heavy atom. The number of aliphatic hydroxyl groups is 1. The van der Waals surface area contributed by atoms with Crippen molar-refractivity contribution in [3.05, 3.63) is 29.8 Å². The highest BCUT2D eigenvalue weighted by molar-refractivity contribution is 5.89. The van der Waals surface area contributed by atoms with Gasteiger partial charge in [-0.3, -0.25) is 0 Å². The molecule has 1 aromatic carbocycles. The highest BCUT2D eigenvalue weighted by Crippen LogP contribution is 2.26. The predicted molar refractivity (Wildman–Crippen MR) is 80.8 cm³/mol. The number of hydrogen-bond donors (Lipinski definition) is 3. The normalized spacial score (nSPS) is 17.3. The molecule has 0 spiro atoms. The lowest BCUT2D eigenvalue weighted by atomic mass is 9.95. The van der Waals surface area contributed by atoms with Crippen LogP contribution in [0.5, 0.6) is 0 Å². The molecule has 112 valence electrons. The smallest absolute Gasteiger partial charge is 0.319 e. The maximum Gasteiger partial charge on any atom is 0.319 e. The summed E-state index contributed by atoms with van der Waals surface area (Å²) in [5, 5.41) is 24.7. The second-order valence-corrected chi connectivity index (χ2v) is 5.64. The molecule has 0 aliphatic heterocycles. The fourth-order valence-corrected chi connectivity index (χ4v) is 2.65. The Bertz CT molecular complexity index is 529. The number of nitriles is 1. The number of benzene rings is 1. The van der Waals surface area contributed by atoms with Gasteiger partial charge in [0.2, 0.25) is 0 Å². The molecule has 1 aliphatic carbocycles. The summed E-state index contributed by atoms with van der Waals surface area (Å²) in [6, 6.07) is 8.39. The Labute approximate surface area is 125 Å². The highest BCUT2D eigenvalue weighted by Gasteiger charge is 2.28. The third-order valence-corrected chi connectivity index (χ3v) is 3.86. The first-order valence-corrected chi connectivity index (χ1v) is 7.39. The number of urea groups is 1. The van der Waals surface area contributed by atoms with Crippen molar-refractivity contribution in [2.24, 2.45) is 0 Å². The van der Waals surface area contributed by atoms with Crippen LogP contribution in [-0.2, 0) is 0 Å². The van der Waals surface area contributed by atoms with Crippen molar-refractivity contribution < 1.29 is 9.90 Å². The number of anilines is 1. The SMILES string of the molecule is N#Cc1cccc(NC(=O)NCC2(O)CCCCCC2)c1. The van der Waals surface area contributed by atoms with Gasteiger partial charge in [0.25, 0.3) is 0 Å². The van der Waals surface area contributed by atoms with Crippen LogP contribution in [0.15, 0.2) is 24.3 Å². The van der Waals surface area contributed by atoms with Crippen molar-refractivity contribution in [3.8, 4) is 6.07 Å². The molecule has 0 radical (unpaired) electrons. The minimum Gasteiger partial charge on any atom is -0.388 e. The van der Waals surface area contributed by atoms with Crippen molar-refractivity contribution >= 4 is 11.7 Å². The van der Waals surface area contributed by atoms with E-state index in [1.54, 1.807) is 24.3 Å². The van der Waals surface area contributed by atoms with Gasteiger partial charge in [-0.25, -0.2) is 4.79 Å². The Kier molecular flexibility index (Phi) is 5.18. The molecule has 1 aliphatic rings. The molecule has 2 rings (SSSR count). The number of nitrogens with one attached hydrogen (secondary N) is 2. The molecule has 0 saturated heterocycles. The van der Waals surface area contributed by atoms with Crippen LogP contribution in [0.25, 0.3) is 0 Å². The Hall–Kier alpha value is -2.06.